The number of urea groups is 1. The van der Waals surface area contributed by atoms with Crippen LogP contribution in [0.3, 0.4) is 0 Å². The Kier molecular flexibility index (Phi) is 6.34. The van der Waals surface area contributed by atoms with Crippen LogP contribution in [0.15, 0.2) is 0 Å². The normalized spacial score (nSPS) is 20.4. The Labute approximate surface area is 105 Å². The number of hydrogen-bond donors (Lipinski definition) is 2. The maximum absolute atomic E-state index is 12.0. The second-order valence-corrected chi connectivity index (χ2v) is 5.20. The molecule has 0 saturated carbocycles. The SMILES string of the molecule is CCCN(CC1CCCCN1)C(=O)NC(C)C. The molecule has 17 heavy (non-hydrogen) atoms. The number of nitrogens with zero attached hydrogens (tertiary/aromatic N) is 1. The number of carbonyl (C=O) groups is 1. The molecule has 1 rings (SSSR count). The van der Waals surface area contributed by atoms with E-state index in [0.29, 0.717) is 6.04 Å². The second kappa shape index (κ2) is 7.54. The molecule has 2 amide bonds. The van der Waals surface area contributed by atoms with E-state index in [9.17, 15) is 4.79 Å². The van der Waals surface area contributed by atoms with Crippen LogP contribution in [0.1, 0.15) is 46.5 Å². The average Bonchev–Trinajstić information content (AvgIpc) is 2.29. The molecule has 1 fully saturated rings. The summed E-state index contributed by atoms with van der Waals surface area (Å²) >= 11 is 0. The van der Waals surface area contributed by atoms with Crippen LogP contribution >= 0.6 is 0 Å². The van der Waals surface area contributed by atoms with Gasteiger partial charge in [0, 0.05) is 25.2 Å². The first kappa shape index (κ1) is 14.3. The zero-order valence-corrected chi connectivity index (χ0v) is 11.5. The highest BCUT2D eigenvalue weighted by atomic mass is 16.2. The van der Waals surface area contributed by atoms with E-state index in [4.69, 9.17) is 0 Å². The molecule has 100 valence electrons. The fourth-order valence-corrected chi connectivity index (χ4v) is 2.23. The molecule has 0 spiro atoms. The van der Waals surface area contributed by atoms with E-state index in [1.165, 1.54) is 19.3 Å². The highest BCUT2D eigenvalue weighted by Gasteiger charge is 2.20. The first-order valence-corrected chi connectivity index (χ1v) is 6.92. The van der Waals surface area contributed by atoms with Crippen LogP contribution in [0, 0.1) is 0 Å². The van der Waals surface area contributed by atoms with Crippen molar-refractivity contribution in [1.29, 1.82) is 0 Å². The van der Waals surface area contributed by atoms with Crippen molar-refractivity contribution in [2.24, 2.45) is 0 Å². The van der Waals surface area contributed by atoms with Gasteiger partial charge >= 0.3 is 6.03 Å². The monoisotopic (exact) mass is 241 g/mol. The summed E-state index contributed by atoms with van der Waals surface area (Å²) in [5, 5.41) is 6.47. The molecule has 0 radical (unpaired) electrons. The lowest BCUT2D eigenvalue weighted by Crippen LogP contribution is -2.50. The molecule has 4 nitrogen and oxygen atoms in total. The summed E-state index contributed by atoms with van der Waals surface area (Å²) in [5.74, 6) is 0. The molecular formula is C13H27N3O. The fraction of sp³-hybridized carbons (Fsp3) is 0.923. The van der Waals surface area contributed by atoms with Gasteiger partial charge in [-0.15, -0.1) is 0 Å². The molecule has 0 aliphatic carbocycles. The van der Waals surface area contributed by atoms with Crippen LogP contribution in [0.25, 0.3) is 0 Å². The van der Waals surface area contributed by atoms with Gasteiger partial charge in [0.05, 0.1) is 0 Å². The molecule has 1 saturated heterocycles. The van der Waals surface area contributed by atoms with Crippen LogP contribution < -0.4 is 10.6 Å². The summed E-state index contributed by atoms with van der Waals surface area (Å²) in [6.45, 7) is 8.89. The highest BCUT2D eigenvalue weighted by molar-refractivity contribution is 5.74. The Bertz CT molecular complexity index is 225. The number of nitrogens with one attached hydrogen (secondary N) is 2. The third-order valence-corrected chi connectivity index (χ3v) is 3.05. The molecule has 1 atom stereocenters. The largest absolute Gasteiger partial charge is 0.336 e. The van der Waals surface area contributed by atoms with Crippen molar-refractivity contribution in [3.8, 4) is 0 Å². The Morgan fingerprint density at radius 3 is 2.76 bits per heavy atom. The Balaban J connectivity index is 2.43. The lowest BCUT2D eigenvalue weighted by molar-refractivity contribution is 0.184. The van der Waals surface area contributed by atoms with E-state index in [0.717, 1.165) is 26.1 Å². The molecule has 0 aromatic carbocycles. The summed E-state index contributed by atoms with van der Waals surface area (Å²) in [5.41, 5.74) is 0. The minimum Gasteiger partial charge on any atom is -0.336 e. The Morgan fingerprint density at radius 2 is 2.24 bits per heavy atom. The Morgan fingerprint density at radius 1 is 1.47 bits per heavy atom. The van der Waals surface area contributed by atoms with E-state index >= 15 is 0 Å². The zero-order chi connectivity index (χ0) is 12.7. The number of hydrogen-bond acceptors (Lipinski definition) is 2. The number of amides is 2. The van der Waals surface area contributed by atoms with Crippen LogP contribution in [-0.2, 0) is 0 Å². The predicted octanol–water partition coefficient (Wildman–Crippen LogP) is 1.96. The molecule has 0 aromatic heterocycles. The molecule has 1 heterocycles. The van der Waals surface area contributed by atoms with E-state index < -0.39 is 0 Å². The molecule has 0 aromatic rings. The van der Waals surface area contributed by atoms with Gasteiger partial charge in [0.25, 0.3) is 0 Å². The van der Waals surface area contributed by atoms with Crippen LogP contribution in [0.4, 0.5) is 4.79 Å². The lowest BCUT2D eigenvalue weighted by atomic mass is 10.0. The van der Waals surface area contributed by atoms with Crippen molar-refractivity contribution in [3.63, 3.8) is 0 Å². The summed E-state index contributed by atoms with van der Waals surface area (Å²) in [6.07, 6.45) is 4.75. The smallest absolute Gasteiger partial charge is 0.317 e. The van der Waals surface area contributed by atoms with Gasteiger partial charge in [-0.05, 0) is 39.7 Å². The van der Waals surface area contributed by atoms with E-state index in [2.05, 4.69) is 17.6 Å². The van der Waals surface area contributed by atoms with Gasteiger partial charge in [0.2, 0.25) is 0 Å². The van der Waals surface area contributed by atoms with Crippen molar-refractivity contribution >= 4 is 6.03 Å². The van der Waals surface area contributed by atoms with Gasteiger partial charge in [0.1, 0.15) is 0 Å². The molecule has 4 heteroatoms. The first-order chi connectivity index (χ1) is 8.13. The molecule has 1 aliphatic heterocycles. The quantitative estimate of drug-likeness (QED) is 0.773. The summed E-state index contributed by atoms with van der Waals surface area (Å²) < 4.78 is 0. The second-order valence-electron chi connectivity index (χ2n) is 5.20. The number of rotatable bonds is 5. The number of piperidine rings is 1. The topological polar surface area (TPSA) is 44.4 Å². The average molecular weight is 241 g/mol. The predicted molar refractivity (Wildman–Crippen MR) is 71.2 cm³/mol. The van der Waals surface area contributed by atoms with Crippen molar-refractivity contribution in [1.82, 2.24) is 15.5 Å². The maximum Gasteiger partial charge on any atom is 0.317 e. The summed E-state index contributed by atoms with van der Waals surface area (Å²) in [7, 11) is 0. The van der Waals surface area contributed by atoms with E-state index in [1.54, 1.807) is 0 Å². The van der Waals surface area contributed by atoms with Gasteiger partial charge in [-0.3, -0.25) is 0 Å². The maximum atomic E-state index is 12.0. The van der Waals surface area contributed by atoms with Crippen molar-refractivity contribution in [2.45, 2.75) is 58.5 Å². The van der Waals surface area contributed by atoms with Crippen molar-refractivity contribution < 1.29 is 4.79 Å². The summed E-state index contributed by atoms with van der Waals surface area (Å²) in [4.78, 5) is 14.0. The summed E-state index contributed by atoms with van der Waals surface area (Å²) in [6, 6.07) is 0.767. The van der Waals surface area contributed by atoms with Gasteiger partial charge in [-0.25, -0.2) is 4.79 Å². The lowest BCUT2D eigenvalue weighted by Gasteiger charge is -2.31. The minimum atomic E-state index is 0.0780. The zero-order valence-electron chi connectivity index (χ0n) is 11.5. The fourth-order valence-electron chi connectivity index (χ4n) is 2.23. The van der Waals surface area contributed by atoms with E-state index in [-0.39, 0.29) is 12.1 Å². The van der Waals surface area contributed by atoms with Crippen molar-refractivity contribution in [3.05, 3.63) is 0 Å². The van der Waals surface area contributed by atoms with E-state index in [1.807, 2.05) is 18.7 Å². The first-order valence-electron chi connectivity index (χ1n) is 6.92. The van der Waals surface area contributed by atoms with Crippen molar-refractivity contribution in [2.75, 3.05) is 19.6 Å². The van der Waals surface area contributed by atoms with Gasteiger partial charge in [-0.1, -0.05) is 13.3 Å². The van der Waals surface area contributed by atoms with Crippen LogP contribution in [0.5, 0.6) is 0 Å². The van der Waals surface area contributed by atoms with Crippen LogP contribution in [-0.4, -0.2) is 42.6 Å². The minimum absolute atomic E-state index is 0.0780. The molecule has 1 unspecified atom stereocenters. The Hall–Kier alpha value is -0.770. The molecule has 1 aliphatic rings. The molecular weight excluding hydrogens is 214 g/mol. The molecule has 2 N–H and O–H groups in total. The number of carbonyl (C=O) groups excluding carboxylic acids is 1. The van der Waals surface area contributed by atoms with Gasteiger partial charge in [0.15, 0.2) is 0 Å². The van der Waals surface area contributed by atoms with Gasteiger partial charge < -0.3 is 15.5 Å². The highest BCUT2D eigenvalue weighted by Crippen LogP contribution is 2.09. The standard InChI is InChI=1S/C13H27N3O/c1-4-9-16(13(17)15-11(2)3)10-12-7-5-6-8-14-12/h11-12,14H,4-10H2,1-3H3,(H,15,17). The third-order valence-electron chi connectivity index (χ3n) is 3.05. The van der Waals surface area contributed by atoms with Gasteiger partial charge in [-0.2, -0.15) is 0 Å². The third kappa shape index (κ3) is 5.39. The van der Waals surface area contributed by atoms with Crippen LogP contribution in [0.2, 0.25) is 0 Å². The molecule has 0 bridgehead atoms.